The number of aromatic hydroxyl groups is 1. The Bertz CT molecular complexity index is 682. The van der Waals surface area contributed by atoms with Crippen molar-refractivity contribution in [3.63, 3.8) is 0 Å². The van der Waals surface area contributed by atoms with E-state index in [4.69, 9.17) is 9.84 Å². The summed E-state index contributed by atoms with van der Waals surface area (Å²) < 4.78 is 4.88. The van der Waals surface area contributed by atoms with Crippen molar-refractivity contribution < 1.29 is 24.5 Å². The Balaban J connectivity index is 2.22. The molecular formula is C14H12N2O5. The van der Waals surface area contributed by atoms with Gasteiger partial charge in [0.05, 0.1) is 23.9 Å². The molecule has 1 aromatic heterocycles. The van der Waals surface area contributed by atoms with Crippen molar-refractivity contribution in [1.29, 1.82) is 0 Å². The number of carboxylic acids is 1. The van der Waals surface area contributed by atoms with E-state index in [2.05, 4.69) is 10.3 Å². The number of amides is 1. The van der Waals surface area contributed by atoms with E-state index < -0.39 is 11.9 Å². The van der Waals surface area contributed by atoms with Gasteiger partial charge in [-0.25, -0.2) is 9.78 Å². The van der Waals surface area contributed by atoms with Crippen LogP contribution in [0.2, 0.25) is 0 Å². The number of rotatable bonds is 4. The fourth-order valence-corrected chi connectivity index (χ4v) is 1.60. The maximum absolute atomic E-state index is 12.0. The quantitative estimate of drug-likeness (QED) is 0.739. The normalized spacial score (nSPS) is 9.95. The maximum Gasteiger partial charge on any atom is 0.335 e. The van der Waals surface area contributed by atoms with E-state index in [1.807, 2.05) is 0 Å². The van der Waals surface area contributed by atoms with E-state index in [9.17, 15) is 14.7 Å². The molecule has 0 atom stereocenters. The van der Waals surface area contributed by atoms with Gasteiger partial charge in [0.1, 0.15) is 5.75 Å². The van der Waals surface area contributed by atoms with Crippen LogP contribution in [0.1, 0.15) is 20.7 Å². The number of carbonyl (C=O) groups is 2. The minimum atomic E-state index is -1.16. The van der Waals surface area contributed by atoms with E-state index in [0.29, 0.717) is 5.88 Å². The number of pyridine rings is 1. The Morgan fingerprint density at radius 3 is 2.48 bits per heavy atom. The number of carbonyl (C=O) groups excluding carboxylic acids is 1. The SMILES string of the molecule is COc1ccc(C(=O)Nc2cc(C(=O)O)ccc2O)cn1. The van der Waals surface area contributed by atoms with Crippen molar-refractivity contribution in [1.82, 2.24) is 4.98 Å². The molecule has 0 saturated carbocycles. The van der Waals surface area contributed by atoms with Crippen LogP contribution in [0, 0.1) is 0 Å². The van der Waals surface area contributed by atoms with Crippen LogP contribution in [0.25, 0.3) is 0 Å². The van der Waals surface area contributed by atoms with Gasteiger partial charge < -0.3 is 20.3 Å². The highest BCUT2D eigenvalue weighted by Crippen LogP contribution is 2.25. The highest BCUT2D eigenvalue weighted by Gasteiger charge is 2.12. The van der Waals surface area contributed by atoms with E-state index in [0.717, 1.165) is 0 Å². The molecule has 0 aliphatic rings. The molecule has 3 N–H and O–H groups in total. The molecule has 1 heterocycles. The summed E-state index contributed by atoms with van der Waals surface area (Å²) in [6, 6.07) is 6.63. The van der Waals surface area contributed by atoms with Crippen LogP contribution < -0.4 is 10.1 Å². The third-order valence-corrected chi connectivity index (χ3v) is 2.70. The van der Waals surface area contributed by atoms with Crippen molar-refractivity contribution >= 4 is 17.6 Å². The summed E-state index contributed by atoms with van der Waals surface area (Å²) in [4.78, 5) is 26.8. The van der Waals surface area contributed by atoms with Crippen LogP contribution in [0.3, 0.4) is 0 Å². The lowest BCUT2D eigenvalue weighted by atomic mass is 10.1. The molecule has 0 aliphatic carbocycles. The zero-order valence-corrected chi connectivity index (χ0v) is 11.0. The average Bonchev–Trinajstić information content (AvgIpc) is 2.49. The number of phenols is 1. The van der Waals surface area contributed by atoms with Crippen LogP contribution in [0.15, 0.2) is 36.5 Å². The summed E-state index contributed by atoms with van der Waals surface area (Å²) in [5, 5.41) is 21.0. The van der Waals surface area contributed by atoms with Crippen LogP contribution in [0.4, 0.5) is 5.69 Å². The predicted molar refractivity (Wildman–Crippen MR) is 73.8 cm³/mol. The first-order valence-electron chi connectivity index (χ1n) is 5.89. The number of ether oxygens (including phenoxy) is 1. The highest BCUT2D eigenvalue weighted by molar-refractivity contribution is 6.05. The Kier molecular flexibility index (Phi) is 4.03. The van der Waals surface area contributed by atoms with Crippen LogP contribution in [0.5, 0.6) is 11.6 Å². The minimum Gasteiger partial charge on any atom is -0.506 e. The smallest absolute Gasteiger partial charge is 0.335 e. The molecule has 1 aromatic carbocycles. The van der Waals surface area contributed by atoms with Crippen LogP contribution in [-0.2, 0) is 0 Å². The summed E-state index contributed by atoms with van der Waals surface area (Å²) in [5.41, 5.74) is 0.211. The minimum absolute atomic E-state index is 0.00992. The van der Waals surface area contributed by atoms with Crippen LogP contribution in [-0.4, -0.2) is 34.2 Å². The number of methoxy groups -OCH3 is 1. The molecule has 0 aliphatic heterocycles. The van der Waals surface area contributed by atoms with E-state index >= 15 is 0 Å². The van der Waals surface area contributed by atoms with Gasteiger partial charge in [0.15, 0.2) is 0 Å². The zero-order chi connectivity index (χ0) is 15.4. The molecule has 0 unspecified atom stereocenters. The lowest BCUT2D eigenvalue weighted by Crippen LogP contribution is -2.13. The molecule has 0 spiro atoms. The molecule has 2 aromatic rings. The van der Waals surface area contributed by atoms with Gasteiger partial charge in [0, 0.05) is 12.3 Å². The molecule has 0 radical (unpaired) electrons. The number of aromatic carboxylic acids is 1. The molecular weight excluding hydrogens is 276 g/mol. The lowest BCUT2D eigenvalue weighted by Gasteiger charge is -2.08. The molecule has 7 heteroatoms. The van der Waals surface area contributed by atoms with Crippen LogP contribution >= 0.6 is 0 Å². The Labute approximate surface area is 119 Å². The van der Waals surface area contributed by atoms with Gasteiger partial charge in [-0.2, -0.15) is 0 Å². The lowest BCUT2D eigenvalue weighted by molar-refractivity contribution is 0.0696. The number of hydrogen-bond acceptors (Lipinski definition) is 5. The van der Waals surface area contributed by atoms with Gasteiger partial charge in [-0.05, 0) is 24.3 Å². The van der Waals surface area contributed by atoms with Crippen molar-refractivity contribution in [2.45, 2.75) is 0 Å². The number of nitrogens with one attached hydrogen (secondary N) is 1. The molecule has 0 fully saturated rings. The number of phenolic OH excluding ortho intramolecular Hbond substituents is 1. The van der Waals surface area contributed by atoms with Crippen molar-refractivity contribution in [3.8, 4) is 11.6 Å². The Morgan fingerprint density at radius 1 is 1.19 bits per heavy atom. The Morgan fingerprint density at radius 2 is 1.90 bits per heavy atom. The molecule has 1 amide bonds. The molecule has 7 nitrogen and oxygen atoms in total. The number of benzene rings is 1. The van der Waals surface area contributed by atoms with Gasteiger partial charge in [0.25, 0.3) is 5.91 Å². The van der Waals surface area contributed by atoms with Crippen molar-refractivity contribution in [3.05, 3.63) is 47.7 Å². The maximum atomic E-state index is 12.0. The van der Waals surface area contributed by atoms with Gasteiger partial charge in [0.2, 0.25) is 5.88 Å². The van der Waals surface area contributed by atoms with Gasteiger partial charge >= 0.3 is 5.97 Å². The summed E-state index contributed by atoms with van der Waals surface area (Å²) in [6.45, 7) is 0. The molecule has 0 bridgehead atoms. The molecule has 108 valence electrons. The second-order valence-electron chi connectivity index (χ2n) is 4.08. The number of anilines is 1. The first kappa shape index (κ1) is 14.3. The zero-order valence-electron chi connectivity index (χ0n) is 11.0. The number of aromatic nitrogens is 1. The molecule has 2 rings (SSSR count). The first-order valence-corrected chi connectivity index (χ1v) is 5.89. The van der Waals surface area contributed by atoms with Gasteiger partial charge in [-0.1, -0.05) is 0 Å². The second-order valence-corrected chi connectivity index (χ2v) is 4.08. The number of hydrogen-bond donors (Lipinski definition) is 3. The Hall–Kier alpha value is -3.09. The van der Waals surface area contributed by atoms with Gasteiger partial charge in [-0.3, -0.25) is 4.79 Å². The van der Waals surface area contributed by atoms with E-state index in [1.165, 1.54) is 43.6 Å². The number of carboxylic acid groups (broad SMARTS) is 1. The molecule has 21 heavy (non-hydrogen) atoms. The van der Waals surface area contributed by atoms with Gasteiger partial charge in [-0.15, -0.1) is 0 Å². The molecule has 0 saturated heterocycles. The average molecular weight is 288 g/mol. The highest BCUT2D eigenvalue weighted by atomic mass is 16.5. The monoisotopic (exact) mass is 288 g/mol. The summed E-state index contributed by atoms with van der Waals surface area (Å²) in [5.74, 6) is -1.54. The third-order valence-electron chi connectivity index (χ3n) is 2.70. The topological polar surface area (TPSA) is 109 Å². The van der Waals surface area contributed by atoms with Crippen molar-refractivity contribution in [2.75, 3.05) is 12.4 Å². The van der Waals surface area contributed by atoms with Crippen molar-refractivity contribution in [2.24, 2.45) is 0 Å². The summed E-state index contributed by atoms with van der Waals surface area (Å²) in [6.07, 6.45) is 1.31. The summed E-state index contributed by atoms with van der Waals surface area (Å²) in [7, 11) is 1.46. The van der Waals surface area contributed by atoms with E-state index in [1.54, 1.807) is 0 Å². The standard InChI is InChI=1S/C14H12N2O5/c1-21-12-5-3-9(7-15-12)13(18)16-10-6-8(14(19)20)2-4-11(10)17/h2-7,17H,1H3,(H,16,18)(H,19,20). The predicted octanol–water partition coefficient (Wildman–Crippen LogP) is 1.75. The number of nitrogens with zero attached hydrogens (tertiary/aromatic N) is 1. The van der Waals surface area contributed by atoms with E-state index in [-0.39, 0.29) is 22.6 Å². The largest absolute Gasteiger partial charge is 0.506 e. The fourth-order valence-electron chi connectivity index (χ4n) is 1.60. The second kappa shape index (κ2) is 5.91. The summed E-state index contributed by atoms with van der Waals surface area (Å²) >= 11 is 0. The first-order chi connectivity index (χ1) is 10.0. The third kappa shape index (κ3) is 3.27. The fraction of sp³-hybridized carbons (Fsp3) is 0.0714.